The molecule has 56 heavy (non-hydrogen) atoms. The van der Waals surface area contributed by atoms with Crippen molar-refractivity contribution in [2.45, 2.75) is 164 Å². The zero-order chi connectivity index (χ0) is 39.2. The number of nitrogen functional groups attached to an aromatic ring is 1. The van der Waals surface area contributed by atoms with Gasteiger partial charge in [-0.25, -0.2) is 21.9 Å². The van der Waals surface area contributed by atoms with Gasteiger partial charge in [-0.15, -0.1) is 0 Å². The van der Waals surface area contributed by atoms with E-state index >= 15 is 8.78 Å². The van der Waals surface area contributed by atoms with Crippen molar-refractivity contribution in [3.63, 3.8) is 0 Å². The smallest absolute Gasteiger partial charge is 0.259 e. The summed E-state index contributed by atoms with van der Waals surface area (Å²) in [5.74, 6) is 0.380. The molecule has 7 rings (SSSR count). The Morgan fingerprint density at radius 1 is 0.750 bits per heavy atom. The van der Waals surface area contributed by atoms with Crippen molar-refractivity contribution >= 4 is 27.6 Å². The number of rotatable bonds is 7. The standard InChI is InChI=1S/C41H71F2N9O3S/c1-49-23-25-51(26-24-49)56(54,55)31-19-21-50(22-20-31)38-33(28-45-36(35(38)43)29-15-11-7-5-6-8-12-16-29)47-41(53)34-39(44)48-52-37(32(42)27-46-40(34)52)30-17-13-9-3-2-4-10-14-18-30/h29-33,35-38,45-46H,2-28H2,1H3,(H2,44,48)(H,47,53). The van der Waals surface area contributed by atoms with Gasteiger partial charge < -0.3 is 26.6 Å². The minimum absolute atomic E-state index is 0.0551. The quantitative estimate of drug-likeness (QED) is 0.282. The van der Waals surface area contributed by atoms with Crippen molar-refractivity contribution in [1.82, 2.24) is 34.5 Å². The van der Waals surface area contributed by atoms with Gasteiger partial charge in [-0.05, 0) is 70.5 Å². The average molecular weight is 808 g/mol. The summed E-state index contributed by atoms with van der Waals surface area (Å²) in [4.78, 5) is 18.7. The molecule has 5 heterocycles. The van der Waals surface area contributed by atoms with E-state index in [0.29, 0.717) is 51.4 Å². The summed E-state index contributed by atoms with van der Waals surface area (Å²) in [5.41, 5.74) is 6.74. The highest BCUT2D eigenvalue weighted by Crippen LogP contribution is 2.41. The molecule has 6 atom stereocenters. The number of likely N-dealkylation sites (tertiary alicyclic amines) is 1. The number of fused-ring (bicyclic) bond motifs is 1. The van der Waals surface area contributed by atoms with Gasteiger partial charge in [0.1, 0.15) is 23.7 Å². The molecule has 1 aromatic rings. The third-order valence-corrected chi connectivity index (χ3v) is 16.8. The number of hydrogen-bond acceptors (Lipinski definition) is 9. The van der Waals surface area contributed by atoms with Crippen LogP contribution in [0.5, 0.6) is 0 Å². The largest absolute Gasteiger partial charge is 0.381 e. The fourth-order valence-corrected chi connectivity index (χ4v) is 13.0. The first-order valence-electron chi connectivity index (χ1n) is 22.5. The Kier molecular flexibility index (Phi) is 14.5. The lowest BCUT2D eigenvalue weighted by Crippen LogP contribution is -2.70. The van der Waals surface area contributed by atoms with E-state index in [-0.39, 0.29) is 35.8 Å². The number of hydrogen-bond donors (Lipinski definition) is 4. The van der Waals surface area contributed by atoms with Crippen LogP contribution in [-0.4, -0.2) is 133 Å². The Bertz CT molecular complexity index is 1510. The number of aromatic nitrogens is 2. The molecule has 1 amide bonds. The number of nitrogens with two attached hydrogens (primary N) is 1. The van der Waals surface area contributed by atoms with Gasteiger partial charge in [0.15, 0.2) is 5.82 Å². The first kappa shape index (κ1) is 42.1. The van der Waals surface area contributed by atoms with Gasteiger partial charge in [-0.1, -0.05) is 83.5 Å². The lowest BCUT2D eigenvalue weighted by molar-refractivity contribution is 0.00625. The van der Waals surface area contributed by atoms with Gasteiger partial charge in [0.05, 0.1) is 23.4 Å². The Balaban J connectivity index is 1.10. The molecule has 15 heteroatoms. The summed E-state index contributed by atoms with van der Waals surface area (Å²) in [6, 6.07) is -2.05. The van der Waals surface area contributed by atoms with Crippen LogP contribution >= 0.6 is 0 Å². The summed E-state index contributed by atoms with van der Waals surface area (Å²) < 4.78 is 64.0. The van der Waals surface area contributed by atoms with E-state index in [2.05, 4.69) is 30.8 Å². The minimum Gasteiger partial charge on any atom is -0.381 e. The van der Waals surface area contributed by atoms with Gasteiger partial charge in [-0.2, -0.15) is 9.40 Å². The summed E-state index contributed by atoms with van der Waals surface area (Å²) in [7, 11) is -1.45. The molecule has 0 aromatic carbocycles. The van der Waals surface area contributed by atoms with Crippen molar-refractivity contribution in [3.8, 4) is 0 Å². The Labute approximate surface area is 334 Å². The van der Waals surface area contributed by atoms with Crippen LogP contribution in [-0.2, 0) is 10.0 Å². The minimum atomic E-state index is -3.47. The Morgan fingerprint density at radius 3 is 1.89 bits per heavy atom. The van der Waals surface area contributed by atoms with Crippen molar-refractivity contribution in [3.05, 3.63) is 5.56 Å². The number of piperazine rings is 1. The maximum absolute atomic E-state index is 17.4. The number of halogens is 2. The molecule has 2 saturated carbocycles. The molecule has 2 aliphatic carbocycles. The number of piperidine rings is 2. The summed E-state index contributed by atoms with van der Waals surface area (Å²) in [6.45, 7) is 3.81. The lowest BCUT2D eigenvalue weighted by Gasteiger charge is -2.49. The molecule has 0 bridgehead atoms. The lowest BCUT2D eigenvalue weighted by atomic mass is 9.80. The topological polar surface area (TPSA) is 141 Å². The van der Waals surface area contributed by atoms with Gasteiger partial charge in [0.2, 0.25) is 10.0 Å². The number of carbonyl (C=O) groups excluding carboxylic acids is 1. The molecule has 3 saturated heterocycles. The summed E-state index contributed by atoms with van der Waals surface area (Å²) >= 11 is 0. The van der Waals surface area contributed by atoms with Crippen LogP contribution in [0.15, 0.2) is 0 Å². The maximum atomic E-state index is 17.4. The van der Waals surface area contributed by atoms with Crippen molar-refractivity contribution in [2.24, 2.45) is 11.8 Å². The molecular formula is C41H71F2N9O3S. The molecule has 318 valence electrons. The second-order valence-corrected chi connectivity index (χ2v) is 20.4. The Hall–Kier alpha value is -2.07. The zero-order valence-electron chi connectivity index (χ0n) is 34.0. The predicted molar refractivity (Wildman–Crippen MR) is 219 cm³/mol. The van der Waals surface area contributed by atoms with E-state index in [1.54, 1.807) is 8.99 Å². The number of nitrogens with zero attached hydrogens (tertiary/aromatic N) is 5. The number of carbonyl (C=O) groups is 1. The summed E-state index contributed by atoms with van der Waals surface area (Å²) in [6.07, 6.45) is 17.4. The predicted octanol–water partition coefficient (Wildman–Crippen LogP) is 5.48. The molecule has 1 aromatic heterocycles. The third kappa shape index (κ3) is 9.52. The first-order chi connectivity index (χ1) is 27.1. The highest BCUT2D eigenvalue weighted by molar-refractivity contribution is 7.89. The monoisotopic (exact) mass is 808 g/mol. The number of likely N-dealkylation sites (N-methyl/N-ethyl adjacent to an activating group) is 1. The van der Waals surface area contributed by atoms with Crippen LogP contribution in [0.4, 0.5) is 20.4 Å². The SMILES string of the molecule is CN1CCN(S(=O)(=O)C2CCN(C3C(NC(=O)c4c(N)nn5c4NCC(F)C5C4CCCCCCCCC4)CNC(C4CCCCCCCC4)C3F)CC2)CC1. The average Bonchev–Trinajstić information content (AvgIpc) is 3.59. The van der Waals surface area contributed by atoms with E-state index in [0.717, 1.165) is 77.3 Å². The number of alkyl halides is 2. The van der Waals surface area contributed by atoms with E-state index in [9.17, 15) is 13.2 Å². The molecule has 5 N–H and O–H groups in total. The van der Waals surface area contributed by atoms with Gasteiger partial charge >= 0.3 is 0 Å². The fourth-order valence-electron chi connectivity index (χ4n) is 11.1. The second-order valence-electron chi connectivity index (χ2n) is 18.1. The number of sulfonamides is 1. The second kappa shape index (κ2) is 19.3. The maximum Gasteiger partial charge on any atom is 0.259 e. The third-order valence-electron chi connectivity index (χ3n) is 14.4. The number of nitrogens with one attached hydrogen (secondary N) is 3. The van der Waals surface area contributed by atoms with Crippen LogP contribution in [0, 0.1) is 11.8 Å². The highest BCUT2D eigenvalue weighted by Gasteiger charge is 2.48. The number of amides is 1. The fraction of sp³-hybridized carbons (Fsp3) is 0.902. The molecular weight excluding hydrogens is 737 g/mol. The van der Waals surface area contributed by atoms with Crippen LogP contribution in [0.1, 0.15) is 138 Å². The first-order valence-corrected chi connectivity index (χ1v) is 24.0. The van der Waals surface area contributed by atoms with Crippen LogP contribution < -0.4 is 21.7 Å². The summed E-state index contributed by atoms with van der Waals surface area (Å²) in [5, 5.41) is 14.1. The molecule has 0 radical (unpaired) electrons. The van der Waals surface area contributed by atoms with E-state index in [4.69, 9.17) is 5.73 Å². The molecule has 6 unspecified atom stereocenters. The molecule has 12 nitrogen and oxygen atoms in total. The van der Waals surface area contributed by atoms with Crippen LogP contribution in [0.3, 0.4) is 0 Å². The zero-order valence-corrected chi connectivity index (χ0v) is 34.8. The number of anilines is 2. The normalized spacial score (nSPS) is 32.7. The van der Waals surface area contributed by atoms with Crippen molar-refractivity contribution < 1.29 is 22.0 Å². The van der Waals surface area contributed by atoms with Crippen LogP contribution in [0.2, 0.25) is 0 Å². The Morgan fingerprint density at radius 2 is 1.30 bits per heavy atom. The molecule has 5 fully saturated rings. The van der Waals surface area contributed by atoms with E-state index in [1.165, 1.54) is 44.9 Å². The molecule has 6 aliphatic rings. The molecule has 4 aliphatic heterocycles. The van der Waals surface area contributed by atoms with Crippen molar-refractivity contribution in [1.29, 1.82) is 0 Å². The van der Waals surface area contributed by atoms with E-state index < -0.39 is 51.6 Å². The van der Waals surface area contributed by atoms with Gasteiger partial charge in [-0.3, -0.25) is 9.69 Å². The van der Waals surface area contributed by atoms with Crippen LogP contribution in [0.25, 0.3) is 0 Å². The van der Waals surface area contributed by atoms with Gasteiger partial charge in [0.25, 0.3) is 5.91 Å². The molecule has 0 spiro atoms. The van der Waals surface area contributed by atoms with Gasteiger partial charge in [0, 0.05) is 45.3 Å². The van der Waals surface area contributed by atoms with E-state index in [1.807, 2.05) is 7.05 Å². The highest BCUT2D eigenvalue weighted by atomic mass is 32.2. The van der Waals surface area contributed by atoms with Crippen molar-refractivity contribution in [2.75, 3.05) is 70.5 Å².